The molecule has 1 fully saturated rings. The monoisotopic (exact) mass is 431 g/mol. The van der Waals surface area contributed by atoms with E-state index in [0.29, 0.717) is 16.4 Å². The summed E-state index contributed by atoms with van der Waals surface area (Å²) in [6.07, 6.45) is -0.0645. The maximum atomic E-state index is 12.3. The Kier molecular flexibility index (Phi) is 6.31. The Balaban J connectivity index is 1.53. The Morgan fingerprint density at radius 3 is 2.60 bits per heavy atom. The molecule has 30 heavy (non-hydrogen) atoms. The second-order valence-corrected chi connectivity index (χ2v) is 7.21. The molecule has 0 unspecified atom stereocenters. The fraction of sp³-hybridized carbons (Fsp3) is 0.250. The van der Waals surface area contributed by atoms with Crippen LogP contribution < -0.4 is 10.2 Å². The van der Waals surface area contributed by atoms with E-state index in [1.165, 1.54) is 29.2 Å². The second kappa shape index (κ2) is 8.91. The van der Waals surface area contributed by atoms with E-state index in [2.05, 4.69) is 5.32 Å². The van der Waals surface area contributed by atoms with Crippen LogP contribution in [0.1, 0.15) is 12.0 Å². The van der Waals surface area contributed by atoms with Crippen molar-refractivity contribution in [1.82, 2.24) is 0 Å². The number of hydrogen-bond acceptors (Lipinski definition) is 6. The van der Waals surface area contributed by atoms with Gasteiger partial charge >= 0.3 is 5.97 Å². The molecular formula is C20H18ClN3O6. The number of nitro benzene ring substituents is 1. The Labute approximate surface area is 176 Å². The Morgan fingerprint density at radius 2 is 1.97 bits per heavy atom. The highest BCUT2D eigenvalue weighted by atomic mass is 35.5. The summed E-state index contributed by atoms with van der Waals surface area (Å²) in [7, 11) is 0. The van der Waals surface area contributed by atoms with E-state index >= 15 is 0 Å². The van der Waals surface area contributed by atoms with Gasteiger partial charge in [-0.25, -0.2) is 0 Å². The van der Waals surface area contributed by atoms with Crippen molar-refractivity contribution in [3.05, 3.63) is 63.2 Å². The number of nitro groups is 1. The molecular weight excluding hydrogens is 414 g/mol. The van der Waals surface area contributed by atoms with Gasteiger partial charge in [0.15, 0.2) is 6.61 Å². The first kappa shape index (κ1) is 21.3. The topological polar surface area (TPSA) is 119 Å². The molecule has 2 aromatic rings. The molecule has 2 aromatic carbocycles. The number of benzene rings is 2. The van der Waals surface area contributed by atoms with E-state index < -0.39 is 29.3 Å². The van der Waals surface area contributed by atoms with Gasteiger partial charge in [-0.05, 0) is 36.8 Å². The van der Waals surface area contributed by atoms with Crippen LogP contribution in [0.4, 0.5) is 17.1 Å². The molecule has 10 heteroatoms. The lowest BCUT2D eigenvalue weighted by molar-refractivity contribution is -0.384. The molecule has 156 valence electrons. The summed E-state index contributed by atoms with van der Waals surface area (Å²) in [6.45, 7) is 1.41. The number of anilines is 2. The van der Waals surface area contributed by atoms with Gasteiger partial charge in [0.05, 0.1) is 10.8 Å². The molecule has 1 aliphatic heterocycles. The highest BCUT2D eigenvalue weighted by Gasteiger charge is 2.36. The molecule has 0 aliphatic carbocycles. The predicted octanol–water partition coefficient (Wildman–Crippen LogP) is 3.09. The molecule has 0 aromatic heterocycles. The zero-order chi connectivity index (χ0) is 21.8. The number of rotatable bonds is 6. The molecule has 1 aliphatic rings. The Morgan fingerprint density at radius 1 is 1.27 bits per heavy atom. The number of ether oxygens (including phenoxy) is 1. The average molecular weight is 432 g/mol. The summed E-state index contributed by atoms with van der Waals surface area (Å²) < 4.78 is 5.04. The maximum Gasteiger partial charge on any atom is 0.311 e. The van der Waals surface area contributed by atoms with Crippen molar-refractivity contribution in [2.45, 2.75) is 13.3 Å². The molecule has 1 N–H and O–H groups in total. The zero-order valence-corrected chi connectivity index (χ0v) is 16.7. The van der Waals surface area contributed by atoms with Crippen LogP contribution in [0, 0.1) is 23.0 Å². The second-order valence-electron chi connectivity index (χ2n) is 6.80. The van der Waals surface area contributed by atoms with E-state index in [4.69, 9.17) is 16.3 Å². The first-order valence-electron chi connectivity index (χ1n) is 9.02. The molecule has 0 radical (unpaired) electrons. The van der Waals surface area contributed by atoms with Crippen molar-refractivity contribution in [2.24, 2.45) is 5.92 Å². The third-order valence-electron chi connectivity index (χ3n) is 4.63. The van der Waals surface area contributed by atoms with Crippen molar-refractivity contribution in [3.63, 3.8) is 0 Å². The van der Waals surface area contributed by atoms with Crippen LogP contribution in [0.2, 0.25) is 5.02 Å². The van der Waals surface area contributed by atoms with Crippen molar-refractivity contribution < 1.29 is 24.0 Å². The standard InChI is InChI=1S/C20H18ClN3O6/c1-12-2-3-14(9-17(12)21)22-18(25)11-30-20(27)13-8-19(26)23(10-13)15-4-6-16(7-5-15)24(28)29/h2-7,9,13H,8,10-11H2,1H3,(H,22,25)/t13-/m1/s1. The van der Waals surface area contributed by atoms with E-state index in [-0.39, 0.29) is 24.6 Å². The highest BCUT2D eigenvalue weighted by molar-refractivity contribution is 6.31. The molecule has 1 saturated heterocycles. The fourth-order valence-electron chi connectivity index (χ4n) is 2.99. The third kappa shape index (κ3) is 4.93. The van der Waals surface area contributed by atoms with Crippen LogP contribution in [0.5, 0.6) is 0 Å². The number of hydrogen-bond donors (Lipinski definition) is 1. The van der Waals surface area contributed by atoms with E-state index in [9.17, 15) is 24.5 Å². The van der Waals surface area contributed by atoms with Crippen LogP contribution in [-0.2, 0) is 19.1 Å². The number of aryl methyl sites for hydroxylation is 1. The summed E-state index contributed by atoms with van der Waals surface area (Å²) in [5.74, 6) is -2.22. The number of esters is 1. The number of carbonyl (C=O) groups is 3. The van der Waals surface area contributed by atoms with E-state index in [1.807, 2.05) is 6.92 Å². The Bertz CT molecular complexity index is 1010. The smallest absolute Gasteiger partial charge is 0.311 e. The van der Waals surface area contributed by atoms with Gasteiger partial charge in [-0.15, -0.1) is 0 Å². The fourth-order valence-corrected chi connectivity index (χ4v) is 3.17. The molecule has 0 bridgehead atoms. The van der Waals surface area contributed by atoms with Crippen molar-refractivity contribution in [1.29, 1.82) is 0 Å². The first-order valence-corrected chi connectivity index (χ1v) is 9.40. The summed E-state index contributed by atoms with van der Waals surface area (Å²) in [5, 5.41) is 13.8. The van der Waals surface area contributed by atoms with Crippen molar-refractivity contribution >= 4 is 46.4 Å². The predicted molar refractivity (Wildman–Crippen MR) is 109 cm³/mol. The summed E-state index contributed by atoms with van der Waals surface area (Å²) >= 11 is 6.01. The quantitative estimate of drug-likeness (QED) is 0.426. The van der Waals surface area contributed by atoms with Gasteiger partial charge in [0.25, 0.3) is 11.6 Å². The maximum absolute atomic E-state index is 12.3. The summed E-state index contributed by atoms with van der Waals surface area (Å²) in [4.78, 5) is 48.1. The third-order valence-corrected chi connectivity index (χ3v) is 5.04. The number of non-ortho nitro benzene ring substituents is 1. The minimum Gasteiger partial charge on any atom is -0.455 e. The molecule has 1 atom stereocenters. The van der Waals surface area contributed by atoms with Crippen molar-refractivity contribution in [2.75, 3.05) is 23.4 Å². The number of nitrogens with one attached hydrogen (secondary N) is 1. The molecule has 1 heterocycles. The van der Waals surface area contributed by atoms with Crippen LogP contribution in [0.3, 0.4) is 0 Å². The number of carbonyl (C=O) groups excluding carboxylic acids is 3. The number of halogens is 1. The minimum absolute atomic E-state index is 0.0645. The minimum atomic E-state index is -0.727. The highest BCUT2D eigenvalue weighted by Crippen LogP contribution is 2.27. The molecule has 3 rings (SSSR count). The molecule has 0 spiro atoms. The lowest BCUT2D eigenvalue weighted by Crippen LogP contribution is -2.28. The summed E-state index contributed by atoms with van der Waals surface area (Å²) in [5.41, 5.74) is 1.70. The van der Waals surface area contributed by atoms with Gasteiger partial charge in [0, 0.05) is 41.5 Å². The van der Waals surface area contributed by atoms with Gasteiger partial charge < -0.3 is 15.0 Å². The van der Waals surface area contributed by atoms with Gasteiger partial charge in [0.2, 0.25) is 5.91 Å². The van der Waals surface area contributed by atoms with Crippen molar-refractivity contribution in [3.8, 4) is 0 Å². The van der Waals surface area contributed by atoms with Crippen LogP contribution in [-0.4, -0.2) is 35.9 Å². The molecule has 2 amide bonds. The lowest BCUT2D eigenvalue weighted by Gasteiger charge is -2.16. The SMILES string of the molecule is Cc1ccc(NC(=O)COC(=O)[C@@H]2CC(=O)N(c3ccc([N+](=O)[O-])cc3)C2)cc1Cl. The normalized spacial score (nSPS) is 15.7. The molecule has 0 saturated carbocycles. The van der Waals surface area contributed by atoms with E-state index in [1.54, 1.807) is 18.2 Å². The van der Waals surface area contributed by atoms with Gasteiger partial charge in [-0.1, -0.05) is 17.7 Å². The van der Waals surface area contributed by atoms with Crippen LogP contribution in [0.15, 0.2) is 42.5 Å². The van der Waals surface area contributed by atoms with Gasteiger partial charge in [-0.2, -0.15) is 0 Å². The van der Waals surface area contributed by atoms with E-state index in [0.717, 1.165) is 5.56 Å². The first-order chi connectivity index (χ1) is 14.2. The average Bonchev–Trinajstić information content (AvgIpc) is 3.11. The largest absolute Gasteiger partial charge is 0.455 e. The number of nitrogens with zero attached hydrogens (tertiary/aromatic N) is 2. The lowest BCUT2D eigenvalue weighted by atomic mass is 10.1. The number of amides is 2. The van der Waals surface area contributed by atoms with Gasteiger partial charge in [0.1, 0.15) is 0 Å². The van der Waals surface area contributed by atoms with Crippen LogP contribution in [0.25, 0.3) is 0 Å². The molecule has 9 nitrogen and oxygen atoms in total. The Hall–Kier alpha value is -3.46. The van der Waals surface area contributed by atoms with Crippen LogP contribution >= 0.6 is 11.6 Å². The summed E-state index contributed by atoms with van der Waals surface area (Å²) in [6, 6.07) is 10.5. The van der Waals surface area contributed by atoms with Gasteiger partial charge in [-0.3, -0.25) is 24.5 Å². The zero-order valence-electron chi connectivity index (χ0n) is 16.0.